The summed E-state index contributed by atoms with van der Waals surface area (Å²) in [4.78, 5) is 7.27. The molecule has 0 atom stereocenters. The first kappa shape index (κ1) is 4.66. The molecule has 1 saturated heterocycles. The van der Waals surface area contributed by atoms with Crippen molar-refractivity contribution in [2.24, 2.45) is 0 Å². The third kappa shape index (κ3) is 1.17. The Kier molecular flexibility index (Phi) is 1.05. The summed E-state index contributed by atoms with van der Waals surface area (Å²) in [6.45, 7) is 1.02. The molecule has 2 heterocycles. The Morgan fingerprint density at radius 3 is 3.09 bits per heavy atom. The Balaban J connectivity index is 2.39. The molecule has 4 nitrogen and oxygen atoms in total. The van der Waals surface area contributed by atoms with Gasteiger partial charge >= 0.3 is 0 Å². The molecule has 0 unspecified atom stereocenters. The fourth-order valence-electron chi connectivity index (χ4n) is 0.875. The van der Waals surface area contributed by atoms with Crippen LogP contribution in [0.1, 0.15) is 14.4 Å². The fourth-order valence-corrected chi connectivity index (χ4v) is 0.875. The van der Waals surface area contributed by atoms with E-state index in [-0.39, 0.29) is 18.3 Å². The fraction of sp³-hybridized carbons (Fsp3) is 0.429. The summed E-state index contributed by atoms with van der Waals surface area (Å²) in [5.41, 5.74) is 0.416. The van der Waals surface area contributed by atoms with Crippen molar-refractivity contribution in [2.75, 3.05) is 13.2 Å². The van der Waals surface area contributed by atoms with Crippen LogP contribution >= 0.6 is 0 Å². The predicted octanol–water partition coefficient (Wildman–Crippen LogP) is 0.296. The van der Waals surface area contributed by atoms with Gasteiger partial charge in [-0.3, -0.25) is 4.98 Å². The highest BCUT2D eigenvalue weighted by Crippen LogP contribution is 2.22. The summed E-state index contributed by atoms with van der Waals surface area (Å²) in [7, 11) is 0. The zero-order chi connectivity index (χ0) is 9.42. The number of nitrogens with zero attached hydrogens (tertiary/aromatic N) is 2. The second kappa shape index (κ2) is 2.47. The van der Waals surface area contributed by atoms with Gasteiger partial charge in [0.25, 0.3) is 0 Å². The molecule has 2 rings (SSSR count). The molecule has 0 saturated carbocycles. The minimum Gasteiger partial charge on any atom is -0.492 e. The van der Waals surface area contributed by atoms with E-state index in [2.05, 4.69) is 9.97 Å². The molecule has 0 aromatic carbocycles. The maximum atomic E-state index is 9.11. The van der Waals surface area contributed by atoms with Crippen LogP contribution < -0.4 is 0 Å². The predicted molar refractivity (Wildman–Crippen MR) is 37.3 cm³/mol. The highest BCUT2D eigenvalue weighted by molar-refractivity contribution is 5.12. The molecule has 11 heavy (non-hydrogen) atoms. The number of aromatic nitrogens is 2. The molecule has 0 bridgehead atoms. The van der Waals surface area contributed by atoms with E-state index in [4.69, 9.17) is 12.6 Å². The Morgan fingerprint density at radius 1 is 1.64 bits per heavy atom. The molecular formula is C7H8N2O2. The largest absolute Gasteiger partial charge is 0.492 e. The molecular weight excluding hydrogens is 144 g/mol. The van der Waals surface area contributed by atoms with E-state index < -0.39 is 5.88 Å². The van der Waals surface area contributed by atoms with Crippen LogP contribution in [0.4, 0.5) is 0 Å². The summed E-state index contributed by atoms with van der Waals surface area (Å²) in [5.74, 6) is -0.371. The van der Waals surface area contributed by atoms with Gasteiger partial charge < -0.3 is 9.84 Å². The van der Waals surface area contributed by atoms with Gasteiger partial charge in [-0.15, -0.1) is 0 Å². The maximum absolute atomic E-state index is 9.11. The van der Waals surface area contributed by atoms with Crippen molar-refractivity contribution in [3.63, 3.8) is 0 Å². The van der Waals surface area contributed by atoms with Crippen LogP contribution in [0.15, 0.2) is 12.3 Å². The second-order valence-electron chi connectivity index (χ2n) is 2.39. The van der Waals surface area contributed by atoms with Crippen molar-refractivity contribution in [1.29, 1.82) is 0 Å². The van der Waals surface area contributed by atoms with Crippen LogP contribution in [0.5, 0.6) is 5.88 Å². The topological polar surface area (TPSA) is 55.2 Å². The molecule has 1 aliphatic rings. The SMILES string of the molecule is [2H]c1nc([2H])c(C2COC2)nc1O. The van der Waals surface area contributed by atoms with Crippen LogP contribution in [0.2, 0.25) is 0 Å². The third-order valence-electron chi connectivity index (χ3n) is 1.58. The maximum Gasteiger partial charge on any atom is 0.230 e. The van der Waals surface area contributed by atoms with Gasteiger partial charge in [-0.1, -0.05) is 0 Å². The van der Waals surface area contributed by atoms with Gasteiger partial charge in [0.05, 0.1) is 27.8 Å². The van der Waals surface area contributed by atoms with E-state index >= 15 is 0 Å². The van der Waals surface area contributed by atoms with E-state index in [1.807, 2.05) is 0 Å². The average molecular weight is 154 g/mol. The molecule has 58 valence electrons. The molecule has 0 aliphatic carbocycles. The van der Waals surface area contributed by atoms with Crippen LogP contribution in [-0.2, 0) is 4.74 Å². The van der Waals surface area contributed by atoms with Crippen molar-refractivity contribution in [3.05, 3.63) is 18.0 Å². The van der Waals surface area contributed by atoms with E-state index in [1.165, 1.54) is 0 Å². The Morgan fingerprint density at radius 2 is 2.45 bits per heavy atom. The van der Waals surface area contributed by atoms with Crippen molar-refractivity contribution < 1.29 is 12.6 Å². The molecule has 1 aromatic heterocycles. The first-order chi connectivity index (χ1) is 6.18. The number of rotatable bonds is 1. The number of ether oxygens (including phenoxy) is 1. The third-order valence-corrected chi connectivity index (χ3v) is 1.58. The highest BCUT2D eigenvalue weighted by Gasteiger charge is 2.22. The summed E-state index contributed by atoms with van der Waals surface area (Å²) >= 11 is 0. The number of hydrogen-bond acceptors (Lipinski definition) is 4. The average Bonchev–Trinajstić information content (AvgIpc) is 1.96. The standard InChI is InChI=1S/C7H8N2O2/c10-7-2-8-1-6(9-7)5-3-11-4-5/h1-2,5H,3-4H2,(H,9,10)/i1D,2D. The monoisotopic (exact) mass is 154 g/mol. The first-order valence-electron chi connectivity index (χ1n) is 4.30. The van der Waals surface area contributed by atoms with E-state index in [0.29, 0.717) is 18.9 Å². The summed E-state index contributed by atoms with van der Waals surface area (Å²) < 4.78 is 19.4. The lowest BCUT2D eigenvalue weighted by Gasteiger charge is -2.24. The number of aromatic hydroxyl groups is 1. The molecule has 0 radical (unpaired) electrons. The van der Waals surface area contributed by atoms with E-state index in [1.54, 1.807) is 0 Å². The van der Waals surface area contributed by atoms with Gasteiger partial charge in [0.2, 0.25) is 5.88 Å². The molecule has 1 N–H and O–H groups in total. The Hall–Kier alpha value is -1.16. The van der Waals surface area contributed by atoms with Crippen LogP contribution in [0.25, 0.3) is 0 Å². The lowest BCUT2D eigenvalue weighted by molar-refractivity contribution is 0.00638. The smallest absolute Gasteiger partial charge is 0.230 e. The Labute approximate surface area is 66.7 Å². The summed E-state index contributed by atoms with van der Waals surface area (Å²) in [6.07, 6.45) is -0.398. The molecule has 4 heteroatoms. The van der Waals surface area contributed by atoms with Gasteiger partial charge in [0, 0.05) is 12.1 Å². The quantitative estimate of drug-likeness (QED) is 0.632. The first-order valence-corrected chi connectivity index (χ1v) is 3.30. The lowest BCUT2D eigenvalue weighted by Crippen LogP contribution is -2.25. The van der Waals surface area contributed by atoms with Crippen molar-refractivity contribution in [2.45, 2.75) is 5.92 Å². The second-order valence-corrected chi connectivity index (χ2v) is 2.39. The zero-order valence-electron chi connectivity index (χ0n) is 7.74. The normalized spacial score (nSPS) is 20.4. The van der Waals surface area contributed by atoms with E-state index in [0.717, 1.165) is 0 Å². The van der Waals surface area contributed by atoms with E-state index in [9.17, 15) is 0 Å². The minimum absolute atomic E-state index is 0.0453. The number of hydrogen-bond donors (Lipinski definition) is 1. The molecule has 1 aliphatic heterocycles. The highest BCUT2D eigenvalue weighted by atomic mass is 16.5. The van der Waals surface area contributed by atoms with Crippen LogP contribution in [0, 0.1) is 0 Å². The summed E-state index contributed by atoms with van der Waals surface area (Å²) in [6, 6.07) is 0. The van der Waals surface area contributed by atoms with Gasteiger partial charge in [0.1, 0.15) is 0 Å². The Bertz CT molecular complexity index is 342. The molecule has 1 aromatic rings. The van der Waals surface area contributed by atoms with Gasteiger partial charge in [-0.05, 0) is 0 Å². The molecule has 1 fully saturated rings. The van der Waals surface area contributed by atoms with Gasteiger partial charge in [0.15, 0.2) is 0 Å². The van der Waals surface area contributed by atoms with Gasteiger partial charge in [-0.2, -0.15) is 0 Å². The minimum atomic E-state index is -0.419. The molecule has 0 spiro atoms. The van der Waals surface area contributed by atoms with Crippen LogP contribution in [0.3, 0.4) is 0 Å². The lowest BCUT2D eigenvalue weighted by atomic mass is 10.1. The van der Waals surface area contributed by atoms with Crippen LogP contribution in [-0.4, -0.2) is 28.3 Å². The zero-order valence-corrected chi connectivity index (χ0v) is 5.74. The van der Waals surface area contributed by atoms with Crippen molar-refractivity contribution >= 4 is 0 Å². The van der Waals surface area contributed by atoms with Crippen molar-refractivity contribution in [1.82, 2.24) is 9.97 Å². The van der Waals surface area contributed by atoms with Crippen molar-refractivity contribution in [3.8, 4) is 5.88 Å². The van der Waals surface area contributed by atoms with Gasteiger partial charge in [-0.25, -0.2) is 4.98 Å². The molecule has 0 amide bonds. The summed E-state index contributed by atoms with van der Waals surface area (Å²) in [5, 5.41) is 9.11.